The molecule has 1 fully saturated rings. The molecule has 0 amide bonds. The highest BCUT2D eigenvalue weighted by Crippen LogP contribution is 2.16. The summed E-state index contributed by atoms with van der Waals surface area (Å²) < 4.78 is 0. The van der Waals surface area contributed by atoms with Gasteiger partial charge < -0.3 is 10.6 Å². The SMILES string of the molecule is c1ccc2cc(CNCCC3CCNCC3)ccc2c1. The predicted molar refractivity (Wildman–Crippen MR) is 85.9 cm³/mol. The number of hydrogen-bond donors (Lipinski definition) is 2. The Labute approximate surface area is 121 Å². The first-order valence-corrected chi connectivity index (χ1v) is 7.81. The first-order valence-electron chi connectivity index (χ1n) is 7.81. The second kappa shape index (κ2) is 6.87. The van der Waals surface area contributed by atoms with Crippen molar-refractivity contribution in [2.75, 3.05) is 19.6 Å². The van der Waals surface area contributed by atoms with Crippen molar-refractivity contribution in [3.05, 3.63) is 48.0 Å². The van der Waals surface area contributed by atoms with Crippen LogP contribution in [0.15, 0.2) is 42.5 Å². The minimum Gasteiger partial charge on any atom is -0.317 e. The highest BCUT2D eigenvalue weighted by molar-refractivity contribution is 5.82. The van der Waals surface area contributed by atoms with Crippen molar-refractivity contribution in [2.45, 2.75) is 25.8 Å². The van der Waals surface area contributed by atoms with Gasteiger partial charge in [-0.15, -0.1) is 0 Å². The largest absolute Gasteiger partial charge is 0.317 e. The second-order valence-electron chi connectivity index (χ2n) is 5.84. The third-order valence-corrected chi connectivity index (χ3v) is 4.33. The number of hydrogen-bond acceptors (Lipinski definition) is 2. The fourth-order valence-corrected chi connectivity index (χ4v) is 3.06. The molecule has 1 heterocycles. The van der Waals surface area contributed by atoms with Crippen LogP contribution in [0.5, 0.6) is 0 Å². The molecule has 2 N–H and O–H groups in total. The monoisotopic (exact) mass is 268 g/mol. The summed E-state index contributed by atoms with van der Waals surface area (Å²) in [7, 11) is 0. The number of fused-ring (bicyclic) bond motifs is 1. The Bertz CT molecular complexity index is 544. The summed E-state index contributed by atoms with van der Waals surface area (Å²) in [4.78, 5) is 0. The van der Waals surface area contributed by atoms with Crippen LogP contribution in [0.2, 0.25) is 0 Å². The summed E-state index contributed by atoms with van der Waals surface area (Å²) in [5.74, 6) is 0.917. The minimum atomic E-state index is 0.917. The summed E-state index contributed by atoms with van der Waals surface area (Å²) in [5, 5.41) is 9.68. The van der Waals surface area contributed by atoms with E-state index in [0.29, 0.717) is 0 Å². The zero-order chi connectivity index (χ0) is 13.6. The number of benzene rings is 2. The third kappa shape index (κ3) is 3.59. The average Bonchev–Trinajstić information content (AvgIpc) is 2.52. The molecule has 0 aliphatic carbocycles. The molecule has 2 nitrogen and oxygen atoms in total. The summed E-state index contributed by atoms with van der Waals surface area (Å²) >= 11 is 0. The highest BCUT2D eigenvalue weighted by atomic mass is 14.9. The zero-order valence-corrected chi connectivity index (χ0v) is 12.1. The summed E-state index contributed by atoms with van der Waals surface area (Å²) in [5.41, 5.74) is 1.38. The lowest BCUT2D eigenvalue weighted by Crippen LogP contribution is -2.29. The van der Waals surface area contributed by atoms with E-state index in [1.807, 2.05) is 0 Å². The van der Waals surface area contributed by atoms with E-state index in [1.54, 1.807) is 0 Å². The van der Waals surface area contributed by atoms with Gasteiger partial charge in [-0.05, 0) is 67.2 Å². The van der Waals surface area contributed by atoms with E-state index in [4.69, 9.17) is 0 Å². The van der Waals surface area contributed by atoms with Crippen LogP contribution in [-0.4, -0.2) is 19.6 Å². The van der Waals surface area contributed by atoms with Gasteiger partial charge in [-0.2, -0.15) is 0 Å². The van der Waals surface area contributed by atoms with Gasteiger partial charge in [0, 0.05) is 6.54 Å². The van der Waals surface area contributed by atoms with Crippen molar-refractivity contribution in [3.63, 3.8) is 0 Å². The summed E-state index contributed by atoms with van der Waals surface area (Å²) in [6, 6.07) is 15.3. The van der Waals surface area contributed by atoms with E-state index in [1.165, 1.54) is 48.7 Å². The van der Waals surface area contributed by atoms with Gasteiger partial charge in [0.05, 0.1) is 0 Å². The van der Waals surface area contributed by atoms with E-state index in [-0.39, 0.29) is 0 Å². The molecule has 2 aromatic carbocycles. The van der Waals surface area contributed by atoms with Crippen molar-refractivity contribution in [2.24, 2.45) is 5.92 Å². The quantitative estimate of drug-likeness (QED) is 0.813. The fraction of sp³-hybridized carbons (Fsp3) is 0.444. The highest BCUT2D eigenvalue weighted by Gasteiger charge is 2.11. The Morgan fingerprint density at radius 1 is 1.00 bits per heavy atom. The van der Waals surface area contributed by atoms with E-state index in [2.05, 4.69) is 53.1 Å². The molecule has 0 radical (unpaired) electrons. The van der Waals surface area contributed by atoms with Gasteiger partial charge in [-0.25, -0.2) is 0 Å². The number of nitrogens with one attached hydrogen (secondary N) is 2. The van der Waals surface area contributed by atoms with Crippen LogP contribution in [0.3, 0.4) is 0 Å². The maximum absolute atomic E-state index is 3.59. The van der Waals surface area contributed by atoms with Gasteiger partial charge in [-0.3, -0.25) is 0 Å². The van der Waals surface area contributed by atoms with Crippen molar-refractivity contribution in [3.8, 4) is 0 Å². The Morgan fingerprint density at radius 3 is 2.65 bits per heavy atom. The average molecular weight is 268 g/mol. The molecule has 0 atom stereocenters. The topological polar surface area (TPSA) is 24.1 Å². The molecule has 1 aliphatic heterocycles. The lowest BCUT2D eigenvalue weighted by Gasteiger charge is -2.22. The Hall–Kier alpha value is -1.38. The van der Waals surface area contributed by atoms with Crippen LogP contribution in [0.1, 0.15) is 24.8 Å². The van der Waals surface area contributed by atoms with Crippen molar-refractivity contribution < 1.29 is 0 Å². The minimum absolute atomic E-state index is 0.917. The zero-order valence-electron chi connectivity index (χ0n) is 12.1. The molecule has 20 heavy (non-hydrogen) atoms. The van der Waals surface area contributed by atoms with Gasteiger partial charge in [-0.1, -0.05) is 36.4 Å². The first-order chi connectivity index (χ1) is 9.92. The van der Waals surface area contributed by atoms with Crippen LogP contribution in [0.25, 0.3) is 10.8 Å². The normalized spacial score (nSPS) is 16.6. The molecule has 0 aromatic heterocycles. The van der Waals surface area contributed by atoms with Crippen molar-refractivity contribution in [1.82, 2.24) is 10.6 Å². The van der Waals surface area contributed by atoms with E-state index < -0.39 is 0 Å². The maximum atomic E-state index is 3.59. The Balaban J connectivity index is 1.47. The van der Waals surface area contributed by atoms with Gasteiger partial charge in [0.25, 0.3) is 0 Å². The molecule has 2 heteroatoms. The molecule has 0 saturated carbocycles. The van der Waals surface area contributed by atoms with Gasteiger partial charge in [0.2, 0.25) is 0 Å². The van der Waals surface area contributed by atoms with Gasteiger partial charge >= 0.3 is 0 Å². The first kappa shape index (κ1) is 13.6. The smallest absolute Gasteiger partial charge is 0.0205 e. The van der Waals surface area contributed by atoms with Crippen molar-refractivity contribution in [1.29, 1.82) is 0 Å². The Morgan fingerprint density at radius 2 is 1.80 bits per heavy atom. The van der Waals surface area contributed by atoms with Crippen LogP contribution < -0.4 is 10.6 Å². The molecule has 2 aromatic rings. The molecule has 0 unspecified atom stereocenters. The summed E-state index contributed by atoms with van der Waals surface area (Å²) in [6.45, 7) is 4.53. The predicted octanol–water partition coefficient (Wildman–Crippen LogP) is 3.32. The van der Waals surface area contributed by atoms with Crippen LogP contribution >= 0.6 is 0 Å². The fourth-order valence-electron chi connectivity index (χ4n) is 3.06. The molecule has 3 rings (SSSR count). The third-order valence-electron chi connectivity index (χ3n) is 4.33. The number of piperidine rings is 1. The van der Waals surface area contributed by atoms with Crippen molar-refractivity contribution >= 4 is 10.8 Å². The molecule has 0 spiro atoms. The number of rotatable bonds is 5. The van der Waals surface area contributed by atoms with Crippen LogP contribution in [-0.2, 0) is 6.54 Å². The molecule has 106 valence electrons. The molecule has 0 bridgehead atoms. The van der Waals surface area contributed by atoms with Crippen LogP contribution in [0, 0.1) is 5.92 Å². The Kier molecular flexibility index (Phi) is 4.67. The molecule has 1 saturated heterocycles. The van der Waals surface area contributed by atoms with E-state index >= 15 is 0 Å². The molecular weight excluding hydrogens is 244 g/mol. The molecule has 1 aliphatic rings. The van der Waals surface area contributed by atoms with E-state index in [0.717, 1.165) is 19.0 Å². The second-order valence-corrected chi connectivity index (χ2v) is 5.84. The van der Waals surface area contributed by atoms with E-state index in [9.17, 15) is 0 Å². The maximum Gasteiger partial charge on any atom is 0.0205 e. The van der Waals surface area contributed by atoms with Gasteiger partial charge in [0.15, 0.2) is 0 Å². The standard InChI is InChI=1S/C18H24N2/c1-2-4-18-13-16(5-6-17(18)3-1)14-20-12-9-15-7-10-19-11-8-15/h1-6,13,15,19-20H,7-12,14H2. The molecular formula is C18H24N2. The van der Waals surface area contributed by atoms with Crippen LogP contribution in [0.4, 0.5) is 0 Å². The summed E-state index contributed by atoms with van der Waals surface area (Å²) in [6.07, 6.45) is 4.00. The van der Waals surface area contributed by atoms with Gasteiger partial charge in [0.1, 0.15) is 0 Å². The lowest BCUT2D eigenvalue weighted by molar-refractivity contribution is 0.348. The lowest BCUT2D eigenvalue weighted by atomic mass is 9.95.